The van der Waals surface area contributed by atoms with Crippen LogP contribution in [-0.4, -0.2) is 34.9 Å². The van der Waals surface area contributed by atoms with E-state index in [1.54, 1.807) is 41.6 Å². The number of carbonyl (C=O) groups excluding carboxylic acids is 3. The summed E-state index contributed by atoms with van der Waals surface area (Å²) in [4.78, 5) is 42.2. The zero-order chi connectivity index (χ0) is 23.6. The Labute approximate surface area is 199 Å². The number of hydrazone groups is 1. The number of rotatable bonds is 3. The van der Waals surface area contributed by atoms with Crippen LogP contribution in [0.1, 0.15) is 27.5 Å². The normalized spacial score (nSPS) is 24.8. The predicted octanol–water partition coefficient (Wildman–Crippen LogP) is 4.24. The molecule has 0 aliphatic carbocycles. The van der Waals surface area contributed by atoms with Crippen LogP contribution in [0, 0.1) is 17.7 Å². The minimum Gasteiger partial charge on any atom is -0.292 e. The van der Waals surface area contributed by atoms with Gasteiger partial charge in [-0.15, -0.1) is 0 Å². The van der Waals surface area contributed by atoms with E-state index in [0.29, 0.717) is 5.56 Å². The Hall–Kier alpha value is -3.84. The zero-order valence-electron chi connectivity index (χ0n) is 17.6. The zero-order valence-corrected chi connectivity index (χ0v) is 18.4. The molecule has 8 heteroatoms. The molecule has 0 aromatic heterocycles. The summed E-state index contributed by atoms with van der Waals surface area (Å²) in [7, 11) is 0. The van der Waals surface area contributed by atoms with E-state index in [-0.39, 0.29) is 16.5 Å². The lowest BCUT2D eigenvalue weighted by molar-refractivity contribution is -0.124. The summed E-state index contributed by atoms with van der Waals surface area (Å²) in [6.45, 7) is 0. The Morgan fingerprint density at radius 2 is 1.62 bits per heavy atom. The van der Waals surface area contributed by atoms with E-state index >= 15 is 0 Å². The molecule has 168 valence electrons. The van der Waals surface area contributed by atoms with E-state index in [1.165, 1.54) is 12.1 Å². The van der Waals surface area contributed by atoms with E-state index in [9.17, 15) is 18.8 Å². The third-order valence-corrected chi connectivity index (χ3v) is 7.07. The van der Waals surface area contributed by atoms with Gasteiger partial charge in [0.05, 0.1) is 34.8 Å². The first-order chi connectivity index (χ1) is 16.5. The summed E-state index contributed by atoms with van der Waals surface area (Å²) in [6.07, 6.45) is 1.66. The van der Waals surface area contributed by atoms with Gasteiger partial charge in [0.2, 0.25) is 11.8 Å². The van der Waals surface area contributed by atoms with Crippen LogP contribution in [0.3, 0.4) is 0 Å². The van der Waals surface area contributed by atoms with Crippen LogP contribution in [0.2, 0.25) is 5.02 Å². The summed E-state index contributed by atoms with van der Waals surface area (Å²) in [6, 6.07) is 18.4. The van der Waals surface area contributed by atoms with Crippen molar-refractivity contribution in [2.24, 2.45) is 16.9 Å². The van der Waals surface area contributed by atoms with Gasteiger partial charge in [-0.25, -0.2) is 9.29 Å². The molecule has 6 nitrogen and oxygen atoms in total. The topological polar surface area (TPSA) is 70.0 Å². The molecule has 6 rings (SSSR count). The third-order valence-electron chi connectivity index (χ3n) is 6.78. The number of nitrogens with zero attached hydrogens (tertiary/aromatic N) is 3. The van der Waals surface area contributed by atoms with Crippen LogP contribution in [0.25, 0.3) is 0 Å². The van der Waals surface area contributed by atoms with Gasteiger partial charge >= 0.3 is 0 Å². The van der Waals surface area contributed by atoms with Crippen molar-refractivity contribution in [3.05, 3.63) is 100 Å². The van der Waals surface area contributed by atoms with Gasteiger partial charge in [0.1, 0.15) is 11.9 Å². The molecule has 4 atom stereocenters. The highest BCUT2D eigenvalue weighted by atomic mass is 35.5. The highest BCUT2D eigenvalue weighted by molar-refractivity contribution is 6.31. The molecule has 34 heavy (non-hydrogen) atoms. The fraction of sp³-hybridized carbons (Fsp3) is 0.154. The van der Waals surface area contributed by atoms with Gasteiger partial charge in [0, 0.05) is 5.56 Å². The first-order valence-corrected chi connectivity index (χ1v) is 11.2. The number of ketones is 1. The van der Waals surface area contributed by atoms with Crippen LogP contribution < -0.4 is 4.90 Å². The number of Topliss-reactive ketones (excluding diaryl/α,β-unsaturated/α-hetero) is 1. The van der Waals surface area contributed by atoms with Crippen molar-refractivity contribution in [1.29, 1.82) is 0 Å². The Kier molecular flexibility index (Phi) is 4.64. The summed E-state index contributed by atoms with van der Waals surface area (Å²) in [5, 5.41) is 5.95. The molecule has 0 radical (unpaired) electrons. The molecule has 3 aliphatic heterocycles. The first kappa shape index (κ1) is 20.7. The van der Waals surface area contributed by atoms with Gasteiger partial charge in [-0.05, 0) is 29.3 Å². The highest BCUT2D eigenvalue weighted by Crippen LogP contribution is 2.53. The molecule has 3 aromatic rings. The molecule has 2 fully saturated rings. The van der Waals surface area contributed by atoms with Gasteiger partial charge in [-0.3, -0.25) is 19.4 Å². The third kappa shape index (κ3) is 2.86. The number of hydrogen-bond donors (Lipinski definition) is 0. The molecule has 0 unspecified atom stereocenters. The SMILES string of the molecule is O=C(c1ccccc1)[C@@H]1[C@@H]2C(=O)N(c3ccc(F)c(Cl)c3)C(=O)[C@@H]2[C@H]2c3ccccc3C=NN12. The van der Waals surface area contributed by atoms with Crippen LogP contribution >= 0.6 is 11.6 Å². The van der Waals surface area contributed by atoms with Crippen LogP contribution in [0.4, 0.5) is 10.1 Å². The molecule has 0 saturated carbocycles. The maximum atomic E-state index is 13.8. The van der Waals surface area contributed by atoms with Crippen molar-refractivity contribution in [2.75, 3.05) is 4.90 Å². The van der Waals surface area contributed by atoms with E-state index in [4.69, 9.17) is 11.6 Å². The second-order valence-electron chi connectivity index (χ2n) is 8.54. The number of carbonyl (C=O) groups is 3. The minimum atomic E-state index is -0.959. The maximum absolute atomic E-state index is 13.8. The van der Waals surface area contributed by atoms with Crippen molar-refractivity contribution in [3.8, 4) is 0 Å². The molecule has 2 amide bonds. The van der Waals surface area contributed by atoms with Gasteiger partial charge in [-0.2, -0.15) is 5.10 Å². The Balaban J connectivity index is 1.50. The molecular weight excluding hydrogens is 457 g/mol. The number of amides is 2. The highest BCUT2D eigenvalue weighted by Gasteiger charge is 2.65. The number of hydrogen-bond acceptors (Lipinski definition) is 5. The minimum absolute atomic E-state index is 0.181. The number of anilines is 1. The predicted molar refractivity (Wildman–Crippen MR) is 124 cm³/mol. The van der Waals surface area contributed by atoms with Crippen LogP contribution in [0.5, 0.6) is 0 Å². The smallest absolute Gasteiger partial charge is 0.240 e. The summed E-state index contributed by atoms with van der Waals surface area (Å²) < 4.78 is 13.8. The summed E-state index contributed by atoms with van der Waals surface area (Å²) in [5.41, 5.74) is 2.28. The van der Waals surface area contributed by atoms with Crippen molar-refractivity contribution >= 4 is 41.1 Å². The lowest BCUT2D eigenvalue weighted by atomic mass is 9.83. The number of fused-ring (bicyclic) bond motifs is 5. The van der Waals surface area contributed by atoms with Crippen LogP contribution in [-0.2, 0) is 9.59 Å². The molecule has 3 heterocycles. The van der Waals surface area contributed by atoms with E-state index in [1.807, 2.05) is 24.3 Å². The molecule has 3 aliphatic rings. The van der Waals surface area contributed by atoms with E-state index < -0.39 is 41.6 Å². The van der Waals surface area contributed by atoms with Gasteiger partial charge < -0.3 is 0 Å². The first-order valence-electron chi connectivity index (χ1n) is 10.8. The fourth-order valence-electron chi connectivity index (χ4n) is 5.32. The average molecular weight is 474 g/mol. The lowest BCUT2D eigenvalue weighted by Gasteiger charge is -2.33. The van der Waals surface area contributed by atoms with Crippen molar-refractivity contribution in [1.82, 2.24) is 5.01 Å². The Bertz CT molecular complexity index is 1390. The molecule has 0 spiro atoms. The maximum Gasteiger partial charge on any atom is 0.240 e. The van der Waals surface area contributed by atoms with Crippen molar-refractivity contribution in [3.63, 3.8) is 0 Å². The second-order valence-corrected chi connectivity index (χ2v) is 8.94. The standard InChI is InChI=1S/C26H17ClFN3O3/c27-18-12-16(10-11-19(18)28)30-25(33)20-21(26(30)34)23(24(32)14-6-2-1-3-7-14)31-22(20)17-9-5-4-8-15(17)13-29-31/h1-13,20-23H/t20-,21+,22+,23-/m0/s1. The van der Waals surface area contributed by atoms with E-state index in [0.717, 1.165) is 22.1 Å². The number of halogens is 2. The largest absolute Gasteiger partial charge is 0.292 e. The van der Waals surface area contributed by atoms with E-state index in [2.05, 4.69) is 5.10 Å². The van der Waals surface area contributed by atoms with Gasteiger partial charge in [0.25, 0.3) is 0 Å². The number of imide groups is 1. The second kappa shape index (κ2) is 7.60. The Morgan fingerprint density at radius 1 is 0.912 bits per heavy atom. The van der Waals surface area contributed by atoms with Crippen molar-refractivity contribution in [2.45, 2.75) is 12.1 Å². The molecule has 3 aromatic carbocycles. The monoisotopic (exact) mass is 473 g/mol. The lowest BCUT2D eigenvalue weighted by Crippen LogP contribution is -2.44. The molecule has 2 saturated heterocycles. The van der Waals surface area contributed by atoms with Crippen molar-refractivity contribution < 1.29 is 18.8 Å². The quantitative estimate of drug-likeness (QED) is 0.421. The Morgan fingerprint density at radius 3 is 2.38 bits per heavy atom. The van der Waals surface area contributed by atoms with Gasteiger partial charge in [-0.1, -0.05) is 66.2 Å². The number of benzene rings is 3. The summed E-state index contributed by atoms with van der Waals surface area (Å²) in [5.74, 6) is -3.68. The molecular formula is C26H17ClFN3O3. The fourth-order valence-corrected chi connectivity index (χ4v) is 5.50. The van der Waals surface area contributed by atoms with Crippen LogP contribution in [0.15, 0.2) is 77.9 Å². The average Bonchev–Trinajstić information content (AvgIpc) is 3.33. The molecule has 0 N–H and O–H groups in total. The summed E-state index contributed by atoms with van der Waals surface area (Å²) >= 11 is 5.94. The molecule has 0 bridgehead atoms. The van der Waals surface area contributed by atoms with Gasteiger partial charge in [0.15, 0.2) is 5.78 Å².